The quantitative estimate of drug-likeness (QED) is 0.690. The molecule has 0 bridgehead atoms. The Kier molecular flexibility index (Phi) is 4.68. The third kappa shape index (κ3) is 4.66. The minimum Gasteiger partial charge on any atom is -0.476 e. The summed E-state index contributed by atoms with van der Waals surface area (Å²) in [5.74, 6) is -3.14. The van der Waals surface area contributed by atoms with Gasteiger partial charge in [-0.2, -0.15) is 8.78 Å². The highest BCUT2D eigenvalue weighted by Gasteiger charge is 2.39. The van der Waals surface area contributed by atoms with Crippen LogP contribution < -0.4 is 0 Å². The molecule has 0 spiro atoms. The molecule has 0 unspecified atom stereocenters. The highest BCUT2D eigenvalue weighted by Crippen LogP contribution is 2.29. The average Bonchev–Trinajstić information content (AvgIpc) is 2.03. The Labute approximate surface area is 77.2 Å². The molecule has 0 saturated carbocycles. The third-order valence-electron chi connectivity index (χ3n) is 1.07. The number of hydrogen-bond acceptors (Lipinski definition) is 4. The maximum absolute atomic E-state index is 12.3. The summed E-state index contributed by atoms with van der Waals surface area (Å²) in [4.78, 5) is 20.3. The van der Waals surface area contributed by atoms with Gasteiger partial charge in [0.05, 0.1) is 13.5 Å². The van der Waals surface area contributed by atoms with Crippen molar-refractivity contribution in [3.05, 3.63) is 0 Å². The standard InChI is InChI=1S/C6H8F2O4S/c1-12-4(9)2-3-13-6(7,8)5(10)11/h2-3H2,1H3,(H,10,11). The van der Waals surface area contributed by atoms with E-state index in [1.54, 1.807) is 0 Å². The Morgan fingerprint density at radius 2 is 2.08 bits per heavy atom. The molecule has 0 amide bonds. The molecule has 4 nitrogen and oxygen atoms in total. The summed E-state index contributed by atoms with van der Waals surface area (Å²) < 4.78 is 28.8. The first-order valence-corrected chi connectivity index (χ1v) is 4.20. The number of aliphatic carboxylic acids is 1. The lowest BCUT2D eigenvalue weighted by Crippen LogP contribution is -2.24. The average molecular weight is 214 g/mol. The lowest BCUT2D eigenvalue weighted by atomic mass is 10.5. The molecule has 0 aromatic carbocycles. The van der Waals surface area contributed by atoms with Gasteiger partial charge in [0, 0.05) is 5.75 Å². The summed E-state index contributed by atoms with van der Waals surface area (Å²) in [6, 6.07) is 0. The predicted octanol–water partition coefficient (Wildman–Crippen LogP) is 0.960. The zero-order chi connectivity index (χ0) is 10.5. The van der Waals surface area contributed by atoms with Crippen molar-refractivity contribution in [2.24, 2.45) is 0 Å². The van der Waals surface area contributed by atoms with Crippen molar-refractivity contribution in [1.82, 2.24) is 0 Å². The number of carbonyl (C=O) groups is 2. The highest BCUT2D eigenvalue weighted by molar-refractivity contribution is 8.01. The second-order valence-electron chi connectivity index (χ2n) is 2.00. The van der Waals surface area contributed by atoms with Crippen molar-refractivity contribution in [3.63, 3.8) is 0 Å². The minimum atomic E-state index is -3.84. The summed E-state index contributed by atoms with van der Waals surface area (Å²) in [5.41, 5.74) is 0. The van der Waals surface area contributed by atoms with Gasteiger partial charge in [-0.05, 0) is 0 Å². The monoisotopic (exact) mass is 214 g/mol. The lowest BCUT2D eigenvalue weighted by Gasteiger charge is -2.08. The van der Waals surface area contributed by atoms with Gasteiger partial charge in [0.1, 0.15) is 0 Å². The van der Waals surface area contributed by atoms with E-state index in [0.29, 0.717) is 0 Å². The van der Waals surface area contributed by atoms with Crippen LogP contribution in [0.5, 0.6) is 0 Å². The number of halogens is 2. The molecule has 0 rings (SSSR count). The van der Waals surface area contributed by atoms with Crippen molar-refractivity contribution in [3.8, 4) is 0 Å². The first-order valence-electron chi connectivity index (χ1n) is 3.22. The fourth-order valence-corrected chi connectivity index (χ4v) is 1.07. The van der Waals surface area contributed by atoms with Crippen LogP contribution in [0.25, 0.3) is 0 Å². The summed E-state index contributed by atoms with van der Waals surface area (Å²) in [6.45, 7) is 0. The zero-order valence-electron chi connectivity index (χ0n) is 6.75. The summed E-state index contributed by atoms with van der Waals surface area (Å²) in [5, 5.41) is 4.14. The summed E-state index contributed by atoms with van der Waals surface area (Å²) in [7, 11) is 1.13. The van der Waals surface area contributed by atoms with Crippen molar-refractivity contribution < 1.29 is 28.2 Å². The van der Waals surface area contributed by atoms with Gasteiger partial charge in [0.25, 0.3) is 0 Å². The molecule has 0 fully saturated rings. The number of hydrogen-bond donors (Lipinski definition) is 1. The van der Waals surface area contributed by atoms with E-state index in [9.17, 15) is 18.4 Å². The van der Waals surface area contributed by atoms with Crippen LogP contribution in [-0.2, 0) is 14.3 Å². The van der Waals surface area contributed by atoms with Gasteiger partial charge in [-0.15, -0.1) is 0 Å². The van der Waals surface area contributed by atoms with Crippen LogP contribution in [0, 0.1) is 0 Å². The van der Waals surface area contributed by atoms with Crippen LogP contribution in [0.3, 0.4) is 0 Å². The Hall–Kier alpha value is -0.850. The number of carbonyl (C=O) groups excluding carboxylic acids is 1. The Bertz CT molecular complexity index is 207. The van der Waals surface area contributed by atoms with Crippen molar-refractivity contribution in [2.45, 2.75) is 11.7 Å². The van der Waals surface area contributed by atoms with Crippen LogP contribution in [0.4, 0.5) is 8.78 Å². The molecular formula is C6H8F2O4S. The maximum atomic E-state index is 12.3. The molecule has 0 aromatic heterocycles. The number of methoxy groups -OCH3 is 1. The first-order chi connectivity index (χ1) is 5.90. The van der Waals surface area contributed by atoms with Crippen LogP contribution >= 0.6 is 11.8 Å². The molecule has 0 radical (unpaired) electrons. The molecular weight excluding hydrogens is 206 g/mol. The maximum Gasteiger partial charge on any atom is 0.388 e. The summed E-state index contributed by atoms with van der Waals surface area (Å²) in [6.07, 6.45) is -0.232. The van der Waals surface area contributed by atoms with E-state index in [1.165, 1.54) is 0 Å². The SMILES string of the molecule is COC(=O)CCSC(F)(F)C(=O)O. The number of thioether (sulfide) groups is 1. The van der Waals surface area contributed by atoms with E-state index >= 15 is 0 Å². The van der Waals surface area contributed by atoms with Crippen LogP contribution in [-0.4, -0.2) is 35.2 Å². The van der Waals surface area contributed by atoms with Crippen molar-refractivity contribution >= 4 is 23.7 Å². The zero-order valence-corrected chi connectivity index (χ0v) is 7.57. The number of alkyl halides is 2. The van der Waals surface area contributed by atoms with Gasteiger partial charge in [-0.3, -0.25) is 4.79 Å². The van der Waals surface area contributed by atoms with E-state index in [2.05, 4.69) is 4.74 Å². The van der Waals surface area contributed by atoms with E-state index in [4.69, 9.17) is 5.11 Å². The van der Waals surface area contributed by atoms with Crippen molar-refractivity contribution in [2.75, 3.05) is 12.9 Å². The lowest BCUT2D eigenvalue weighted by molar-refractivity contribution is -0.153. The Morgan fingerprint density at radius 1 is 1.54 bits per heavy atom. The van der Waals surface area contributed by atoms with Gasteiger partial charge < -0.3 is 9.84 Å². The number of rotatable bonds is 5. The van der Waals surface area contributed by atoms with Gasteiger partial charge in [0.15, 0.2) is 0 Å². The molecule has 0 aliphatic rings. The fraction of sp³-hybridized carbons (Fsp3) is 0.667. The highest BCUT2D eigenvalue weighted by atomic mass is 32.2. The smallest absolute Gasteiger partial charge is 0.388 e. The molecule has 13 heavy (non-hydrogen) atoms. The second-order valence-corrected chi connectivity index (χ2v) is 3.21. The van der Waals surface area contributed by atoms with E-state index in [-0.39, 0.29) is 23.9 Å². The number of carboxylic acids is 1. The van der Waals surface area contributed by atoms with Gasteiger partial charge in [0.2, 0.25) is 0 Å². The van der Waals surface area contributed by atoms with E-state index in [0.717, 1.165) is 7.11 Å². The van der Waals surface area contributed by atoms with Crippen LogP contribution in [0.15, 0.2) is 0 Å². The number of ether oxygens (including phenoxy) is 1. The second kappa shape index (κ2) is 5.00. The number of esters is 1. The molecule has 1 N–H and O–H groups in total. The molecule has 7 heteroatoms. The van der Waals surface area contributed by atoms with E-state index in [1.807, 2.05) is 0 Å². The normalized spacial score (nSPS) is 11.0. The summed E-state index contributed by atoms with van der Waals surface area (Å²) >= 11 is -0.103. The Balaban J connectivity index is 3.76. The molecule has 76 valence electrons. The fourth-order valence-electron chi connectivity index (χ4n) is 0.426. The topological polar surface area (TPSA) is 63.6 Å². The molecule has 0 saturated heterocycles. The molecule has 0 heterocycles. The minimum absolute atomic E-state index is 0.103. The molecule has 0 aromatic rings. The molecule has 0 atom stereocenters. The van der Waals surface area contributed by atoms with Crippen LogP contribution in [0.2, 0.25) is 0 Å². The van der Waals surface area contributed by atoms with Gasteiger partial charge >= 0.3 is 17.2 Å². The van der Waals surface area contributed by atoms with Crippen LogP contribution in [0.1, 0.15) is 6.42 Å². The first kappa shape index (κ1) is 12.2. The van der Waals surface area contributed by atoms with E-state index < -0.39 is 17.2 Å². The largest absolute Gasteiger partial charge is 0.476 e. The Morgan fingerprint density at radius 3 is 2.46 bits per heavy atom. The van der Waals surface area contributed by atoms with Gasteiger partial charge in [-0.1, -0.05) is 11.8 Å². The molecule has 0 aliphatic heterocycles. The van der Waals surface area contributed by atoms with Crippen molar-refractivity contribution in [1.29, 1.82) is 0 Å². The number of carboxylic acid groups (broad SMARTS) is 1. The van der Waals surface area contributed by atoms with Gasteiger partial charge in [-0.25, -0.2) is 4.79 Å². The predicted molar refractivity (Wildman–Crippen MR) is 41.7 cm³/mol. The molecule has 0 aliphatic carbocycles. The third-order valence-corrected chi connectivity index (χ3v) is 2.01.